The highest BCUT2D eigenvalue weighted by atomic mass is 32.2. The number of hydrogen-bond acceptors (Lipinski definition) is 7. The number of morpholine rings is 1. The van der Waals surface area contributed by atoms with Crippen molar-refractivity contribution in [2.45, 2.75) is 11.3 Å². The first-order valence-corrected chi connectivity index (χ1v) is 10.3. The van der Waals surface area contributed by atoms with Crippen LogP contribution in [0.1, 0.15) is 5.82 Å². The lowest BCUT2D eigenvalue weighted by Crippen LogP contribution is -2.37. The highest BCUT2D eigenvalue weighted by Crippen LogP contribution is 2.14. The van der Waals surface area contributed by atoms with Gasteiger partial charge < -0.3 is 9.64 Å². The van der Waals surface area contributed by atoms with E-state index in [4.69, 9.17) is 4.74 Å². The van der Waals surface area contributed by atoms with E-state index >= 15 is 0 Å². The number of sulfonamides is 1. The highest BCUT2D eigenvalue weighted by Gasteiger charge is 2.17. The molecular formula is C17H19FN6O3S. The van der Waals surface area contributed by atoms with Gasteiger partial charge in [0, 0.05) is 26.1 Å². The number of fused-ring (bicyclic) bond motifs is 1. The monoisotopic (exact) mass is 406 g/mol. The van der Waals surface area contributed by atoms with Crippen molar-refractivity contribution in [3.63, 3.8) is 0 Å². The molecule has 1 fully saturated rings. The van der Waals surface area contributed by atoms with Crippen molar-refractivity contribution in [3.05, 3.63) is 48.0 Å². The van der Waals surface area contributed by atoms with Gasteiger partial charge in [-0.2, -0.15) is 4.52 Å². The number of hydrogen-bond donors (Lipinski definition) is 1. The maximum absolute atomic E-state index is 13.0. The minimum Gasteiger partial charge on any atom is -0.378 e. The minimum atomic E-state index is -3.73. The zero-order chi connectivity index (χ0) is 19.6. The van der Waals surface area contributed by atoms with Crippen LogP contribution in [0.4, 0.5) is 10.2 Å². The highest BCUT2D eigenvalue weighted by molar-refractivity contribution is 7.89. The zero-order valence-corrected chi connectivity index (χ0v) is 15.8. The lowest BCUT2D eigenvalue weighted by atomic mass is 10.4. The van der Waals surface area contributed by atoms with E-state index in [-0.39, 0.29) is 11.4 Å². The Morgan fingerprint density at radius 2 is 1.82 bits per heavy atom. The number of halogens is 1. The molecule has 11 heteroatoms. The molecule has 0 radical (unpaired) electrons. The van der Waals surface area contributed by atoms with E-state index in [9.17, 15) is 12.8 Å². The van der Waals surface area contributed by atoms with Crippen molar-refractivity contribution in [2.24, 2.45) is 0 Å². The zero-order valence-electron chi connectivity index (χ0n) is 15.0. The Morgan fingerprint density at radius 1 is 1.07 bits per heavy atom. The van der Waals surface area contributed by atoms with Gasteiger partial charge >= 0.3 is 0 Å². The fourth-order valence-corrected chi connectivity index (χ4v) is 3.97. The number of nitrogens with one attached hydrogen (secondary N) is 1. The van der Waals surface area contributed by atoms with E-state index in [2.05, 4.69) is 24.9 Å². The third-order valence-corrected chi connectivity index (χ3v) is 5.89. The molecule has 0 spiro atoms. The number of nitrogens with zero attached hydrogens (tertiary/aromatic N) is 5. The lowest BCUT2D eigenvalue weighted by molar-refractivity contribution is 0.122. The van der Waals surface area contributed by atoms with Crippen LogP contribution in [-0.2, 0) is 21.2 Å². The van der Waals surface area contributed by atoms with Gasteiger partial charge in [-0.15, -0.1) is 15.3 Å². The Morgan fingerprint density at radius 3 is 2.57 bits per heavy atom. The molecule has 148 valence electrons. The normalized spacial score (nSPS) is 15.2. The summed E-state index contributed by atoms with van der Waals surface area (Å²) < 4.78 is 47.0. The Labute approximate surface area is 161 Å². The molecule has 1 aromatic carbocycles. The molecule has 0 unspecified atom stereocenters. The van der Waals surface area contributed by atoms with Crippen molar-refractivity contribution >= 4 is 21.5 Å². The molecule has 1 aliphatic rings. The smallest absolute Gasteiger partial charge is 0.240 e. The average Bonchev–Trinajstić information content (AvgIpc) is 3.11. The summed E-state index contributed by atoms with van der Waals surface area (Å²) in [6.07, 6.45) is 0.307. The third kappa shape index (κ3) is 3.96. The molecule has 0 bridgehead atoms. The summed E-state index contributed by atoms with van der Waals surface area (Å²) in [7, 11) is -3.73. The summed E-state index contributed by atoms with van der Waals surface area (Å²) in [4.78, 5) is 2.12. The molecule has 1 aliphatic heterocycles. The number of aromatic nitrogens is 4. The van der Waals surface area contributed by atoms with Gasteiger partial charge in [0.1, 0.15) is 11.6 Å². The first-order chi connectivity index (χ1) is 13.5. The molecule has 2 aromatic heterocycles. The summed E-state index contributed by atoms with van der Waals surface area (Å²) in [5, 5.41) is 12.8. The van der Waals surface area contributed by atoms with E-state index in [0.717, 1.165) is 31.0 Å². The minimum absolute atomic E-state index is 0.00716. The molecule has 4 rings (SSSR count). The lowest BCUT2D eigenvalue weighted by Gasteiger charge is -2.27. The van der Waals surface area contributed by atoms with Crippen LogP contribution in [0.3, 0.4) is 0 Å². The Hall–Kier alpha value is -2.63. The number of benzene rings is 1. The largest absolute Gasteiger partial charge is 0.378 e. The van der Waals surface area contributed by atoms with Gasteiger partial charge in [-0.05, 0) is 36.4 Å². The predicted octanol–water partition coefficient (Wildman–Crippen LogP) is 0.621. The van der Waals surface area contributed by atoms with E-state index in [1.54, 1.807) is 4.52 Å². The average molecular weight is 406 g/mol. The van der Waals surface area contributed by atoms with Crippen LogP contribution in [0.25, 0.3) is 5.65 Å². The van der Waals surface area contributed by atoms with Crippen LogP contribution >= 0.6 is 0 Å². The van der Waals surface area contributed by atoms with Crippen molar-refractivity contribution in [2.75, 3.05) is 37.7 Å². The van der Waals surface area contributed by atoms with Gasteiger partial charge in [-0.3, -0.25) is 0 Å². The molecule has 0 atom stereocenters. The van der Waals surface area contributed by atoms with Gasteiger partial charge in [0.25, 0.3) is 0 Å². The number of rotatable bonds is 6. The Kier molecular flexibility index (Phi) is 5.20. The second-order valence-corrected chi connectivity index (χ2v) is 8.05. The van der Waals surface area contributed by atoms with Crippen molar-refractivity contribution < 1.29 is 17.5 Å². The van der Waals surface area contributed by atoms with Crippen molar-refractivity contribution in [3.8, 4) is 0 Å². The third-order valence-electron chi connectivity index (χ3n) is 4.41. The van der Waals surface area contributed by atoms with E-state index in [1.807, 2.05) is 12.1 Å². The molecule has 28 heavy (non-hydrogen) atoms. The fraction of sp³-hybridized carbons (Fsp3) is 0.353. The SMILES string of the molecule is O=S(=O)(NCCc1nnc2ccc(N3CCOCC3)nn12)c1ccc(F)cc1. The molecule has 1 saturated heterocycles. The van der Waals surface area contributed by atoms with Crippen LogP contribution in [-0.4, -0.2) is 61.1 Å². The summed E-state index contributed by atoms with van der Waals surface area (Å²) in [5.41, 5.74) is 0.591. The maximum Gasteiger partial charge on any atom is 0.240 e. The quantitative estimate of drug-likeness (QED) is 0.640. The summed E-state index contributed by atoms with van der Waals surface area (Å²) in [6.45, 7) is 2.94. The summed E-state index contributed by atoms with van der Waals surface area (Å²) in [5.74, 6) is 0.853. The molecule has 9 nitrogen and oxygen atoms in total. The molecule has 3 aromatic rings. The van der Waals surface area contributed by atoms with Gasteiger partial charge in [-0.1, -0.05) is 0 Å². The molecule has 0 saturated carbocycles. The van der Waals surface area contributed by atoms with Crippen molar-refractivity contribution in [1.82, 2.24) is 24.5 Å². The van der Waals surface area contributed by atoms with Gasteiger partial charge in [0.15, 0.2) is 11.5 Å². The molecule has 3 heterocycles. The standard InChI is InChI=1S/C17H19FN6O3S/c18-13-1-3-14(4-2-13)28(25,26)19-8-7-16-21-20-15-5-6-17(22-24(15)16)23-9-11-27-12-10-23/h1-6,19H,7-12H2. The van der Waals surface area contributed by atoms with Gasteiger partial charge in [0.05, 0.1) is 18.1 Å². The van der Waals surface area contributed by atoms with Gasteiger partial charge in [0.2, 0.25) is 10.0 Å². The summed E-state index contributed by atoms with van der Waals surface area (Å²) in [6, 6.07) is 8.38. The number of anilines is 1. The van der Waals surface area contributed by atoms with E-state index in [1.165, 1.54) is 12.1 Å². The van der Waals surface area contributed by atoms with E-state index in [0.29, 0.717) is 31.1 Å². The van der Waals surface area contributed by atoms with Gasteiger partial charge in [-0.25, -0.2) is 17.5 Å². The second kappa shape index (κ2) is 7.78. The second-order valence-electron chi connectivity index (χ2n) is 6.28. The first kappa shape index (κ1) is 18.7. The fourth-order valence-electron chi connectivity index (χ4n) is 2.93. The molecular weight excluding hydrogens is 387 g/mol. The first-order valence-electron chi connectivity index (χ1n) is 8.82. The van der Waals surface area contributed by atoms with Crippen LogP contribution in [0.15, 0.2) is 41.3 Å². The molecule has 0 amide bonds. The summed E-state index contributed by atoms with van der Waals surface area (Å²) >= 11 is 0. The van der Waals surface area contributed by atoms with Crippen LogP contribution in [0.2, 0.25) is 0 Å². The van der Waals surface area contributed by atoms with Crippen molar-refractivity contribution in [1.29, 1.82) is 0 Å². The van der Waals surface area contributed by atoms with E-state index < -0.39 is 15.8 Å². The molecule has 1 N–H and O–H groups in total. The Bertz CT molecular complexity index is 1060. The van der Waals surface area contributed by atoms with Crippen LogP contribution in [0.5, 0.6) is 0 Å². The number of ether oxygens (including phenoxy) is 1. The Balaban J connectivity index is 1.46. The van der Waals surface area contributed by atoms with Crippen LogP contribution in [0, 0.1) is 5.82 Å². The topological polar surface area (TPSA) is 102 Å². The maximum atomic E-state index is 13.0. The predicted molar refractivity (Wildman–Crippen MR) is 99.1 cm³/mol. The molecule has 0 aliphatic carbocycles. The van der Waals surface area contributed by atoms with Crippen LogP contribution < -0.4 is 9.62 Å².